The molecule has 0 saturated carbocycles. The highest BCUT2D eigenvalue weighted by atomic mass is 35.5. The van der Waals surface area contributed by atoms with Crippen molar-refractivity contribution in [3.05, 3.63) is 27.0 Å². The molecular formula is C11H13Cl2FO. The third kappa shape index (κ3) is 2.06. The predicted molar refractivity (Wildman–Crippen MR) is 61.5 cm³/mol. The van der Waals surface area contributed by atoms with Crippen LogP contribution in [0.25, 0.3) is 0 Å². The van der Waals surface area contributed by atoms with Crippen molar-refractivity contribution in [3.8, 4) is 5.75 Å². The lowest BCUT2D eigenvalue weighted by Crippen LogP contribution is -1.99. The topological polar surface area (TPSA) is 20.2 Å². The molecule has 0 radical (unpaired) electrons. The van der Waals surface area contributed by atoms with Crippen molar-refractivity contribution in [1.82, 2.24) is 0 Å². The minimum atomic E-state index is -0.750. The minimum absolute atomic E-state index is 0.00639. The number of hydrogen-bond acceptors (Lipinski definition) is 1. The van der Waals surface area contributed by atoms with E-state index in [1.54, 1.807) is 6.92 Å². The van der Waals surface area contributed by atoms with E-state index < -0.39 is 5.82 Å². The molecule has 0 fully saturated rings. The van der Waals surface area contributed by atoms with Crippen molar-refractivity contribution in [2.45, 2.75) is 33.1 Å². The maximum absolute atomic E-state index is 13.4. The Morgan fingerprint density at radius 3 is 2.33 bits per heavy atom. The lowest BCUT2D eigenvalue weighted by Gasteiger charge is -2.17. The fourth-order valence-electron chi connectivity index (χ4n) is 1.59. The Morgan fingerprint density at radius 1 is 1.33 bits per heavy atom. The molecule has 0 spiro atoms. The zero-order valence-electron chi connectivity index (χ0n) is 8.87. The summed E-state index contributed by atoms with van der Waals surface area (Å²) in [6, 6.07) is 0. The molecule has 0 amide bonds. The third-order valence-electron chi connectivity index (χ3n) is 2.69. The molecule has 84 valence electrons. The van der Waals surface area contributed by atoms with Crippen molar-refractivity contribution in [3.63, 3.8) is 0 Å². The summed E-state index contributed by atoms with van der Waals surface area (Å²) in [5, 5.41) is 9.46. The van der Waals surface area contributed by atoms with E-state index in [0.29, 0.717) is 11.1 Å². The first-order chi connectivity index (χ1) is 6.91. The maximum Gasteiger partial charge on any atom is 0.164 e. The van der Waals surface area contributed by atoms with E-state index >= 15 is 0 Å². The Morgan fingerprint density at radius 2 is 1.87 bits per heavy atom. The van der Waals surface area contributed by atoms with E-state index in [-0.39, 0.29) is 21.7 Å². The van der Waals surface area contributed by atoms with Gasteiger partial charge in [-0.1, -0.05) is 37.0 Å². The molecule has 1 N–H and O–H groups in total. The smallest absolute Gasteiger partial charge is 0.164 e. The van der Waals surface area contributed by atoms with Gasteiger partial charge in [0.1, 0.15) is 10.8 Å². The second-order valence-corrected chi connectivity index (χ2v) is 4.39. The number of aromatic hydroxyl groups is 1. The zero-order chi connectivity index (χ0) is 11.7. The molecular weight excluding hydrogens is 238 g/mol. The van der Waals surface area contributed by atoms with E-state index in [2.05, 4.69) is 0 Å². The van der Waals surface area contributed by atoms with Crippen LogP contribution in [0.15, 0.2) is 0 Å². The summed E-state index contributed by atoms with van der Waals surface area (Å²) in [5.41, 5.74) is 1.19. The van der Waals surface area contributed by atoms with Gasteiger partial charge in [0, 0.05) is 5.56 Å². The summed E-state index contributed by atoms with van der Waals surface area (Å²) < 4.78 is 13.4. The van der Waals surface area contributed by atoms with Crippen molar-refractivity contribution in [2.75, 3.05) is 0 Å². The second kappa shape index (κ2) is 4.58. The van der Waals surface area contributed by atoms with Crippen LogP contribution in [0.3, 0.4) is 0 Å². The van der Waals surface area contributed by atoms with Crippen LogP contribution in [0.5, 0.6) is 5.75 Å². The molecule has 0 aliphatic carbocycles. The number of benzene rings is 1. The lowest BCUT2D eigenvalue weighted by molar-refractivity contribution is 0.455. The first kappa shape index (κ1) is 12.6. The van der Waals surface area contributed by atoms with Gasteiger partial charge in [-0.15, -0.1) is 0 Å². The van der Waals surface area contributed by atoms with Crippen LogP contribution in [0, 0.1) is 12.7 Å². The number of halogens is 3. The van der Waals surface area contributed by atoms with E-state index in [9.17, 15) is 9.50 Å². The normalized spacial score (nSPS) is 12.9. The number of hydrogen-bond donors (Lipinski definition) is 1. The highest BCUT2D eigenvalue weighted by Gasteiger charge is 2.22. The molecule has 4 heteroatoms. The largest absolute Gasteiger partial charge is 0.506 e. The fraction of sp³-hybridized carbons (Fsp3) is 0.455. The molecule has 0 aliphatic heterocycles. The van der Waals surface area contributed by atoms with Crippen LogP contribution < -0.4 is 0 Å². The van der Waals surface area contributed by atoms with Crippen LogP contribution >= 0.6 is 23.2 Å². The standard InChI is InChI=1S/C11H13Cl2FO/c1-4-5(2)7-6(3)8(12)10(14)9(13)11(7)15/h5,15H,4H2,1-3H3. The predicted octanol–water partition coefficient (Wildman–Crippen LogP) is 4.66. The highest BCUT2D eigenvalue weighted by Crippen LogP contribution is 2.42. The SMILES string of the molecule is CCC(C)c1c(C)c(Cl)c(F)c(Cl)c1O. The van der Waals surface area contributed by atoms with Crippen molar-refractivity contribution >= 4 is 23.2 Å². The van der Waals surface area contributed by atoms with Crippen LogP contribution in [-0.2, 0) is 0 Å². The van der Waals surface area contributed by atoms with Gasteiger partial charge in [0.05, 0.1) is 5.02 Å². The molecule has 1 unspecified atom stereocenters. The summed E-state index contributed by atoms with van der Waals surface area (Å²) in [6.07, 6.45) is 0.826. The summed E-state index contributed by atoms with van der Waals surface area (Å²) in [5.74, 6) is -0.841. The van der Waals surface area contributed by atoms with Crippen molar-refractivity contribution in [2.24, 2.45) is 0 Å². The summed E-state index contributed by atoms with van der Waals surface area (Å²) >= 11 is 11.4. The van der Waals surface area contributed by atoms with Crippen molar-refractivity contribution in [1.29, 1.82) is 0 Å². The van der Waals surface area contributed by atoms with Crippen LogP contribution in [0.2, 0.25) is 10.0 Å². The number of rotatable bonds is 2. The van der Waals surface area contributed by atoms with Crippen LogP contribution in [-0.4, -0.2) is 5.11 Å². The molecule has 1 atom stereocenters. The maximum atomic E-state index is 13.4. The zero-order valence-corrected chi connectivity index (χ0v) is 10.4. The Hall–Kier alpha value is -0.470. The fourth-order valence-corrected chi connectivity index (χ4v) is 2.03. The van der Waals surface area contributed by atoms with Gasteiger partial charge in [-0.05, 0) is 24.8 Å². The Bertz CT molecular complexity index is 362. The highest BCUT2D eigenvalue weighted by molar-refractivity contribution is 6.36. The Balaban J connectivity index is 3.52. The monoisotopic (exact) mass is 250 g/mol. The third-order valence-corrected chi connectivity index (χ3v) is 3.48. The average molecular weight is 251 g/mol. The van der Waals surface area contributed by atoms with Crippen LogP contribution in [0.4, 0.5) is 4.39 Å². The molecule has 0 heterocycles. The average Bonchev–Trinajstić information content (AvgIpc) is 2.23. The first-order valence-electron chi connectivity index (χ1n) is 4.77. The van der Waals surface area contributed by atoms with Crippen LogP contribution in [0.1, 0.15) is 37.3 Å². The summed E-state index contributed by atoms with van der Waals surface area (Å²) in [7, 11) is 0. The molecule has 0 aromatic heterocycles. The van der Waals surface area contributed by atoms with Gasteiger partial charge < -0.3 is 5.11 Å². The molecule has 0 bridgehead atoms. The van der Waals surface area contributed by atoms with Gasteiger partial charge in [-0.2, -0.15) is 0 Å². The molecule has 1 rings (SSSR count). The number of phenolic OH excluding ortho intramolecular Hbond substituents is 1. The van der Waals surface area contributed by atoms with Gasteiger partial charge in [0.25, 0.3) is 0 Å². The van der Waals surface area contributed by atoms with Gasteiger partial charge >= 0.3 is 0 Å². The molecule has 0 saturated heterocycles. The van der Waals surface area contributed by atoms with E-state index in [1.165, 1.54) is 0 Å². The molecule has 1 aromatic carbocycles. The molecule has 1 aromatic rings. The summed E-state index contributed by atoms with van der Waals surface area (Å²) in [6.45, 7) is 5.60. The Kier molecular flexibility index (Phi) is 3.85. The molecule has 0 aliphatic rings. The summed E-state index contributed by atoms with van der Waals surface area (Å²) in [4.78, 5) is 0. The molecule has 15 heavy (non-hydrogen) atoms. The van der Waals surface area contributed by atoms with E-state index in [4.69, 9.17) is 23.2 Å². The van der Waals surface area contributed by atoms with E-state index in [0.717, 1.165) is 6.42 Å². The van der Waals surface area contributed by atoms with Gasteiger partial charge in [0.15, 0.2) is 5.82 Å². The molecule has 1 nitrogen and oxygen atoms in total. The Labute approximate surface area is 98.8 Å². The first-order valence-corrected chi connectivity index (χ1v) is 5.53. The lowest BCUT2D eigenvalue weighted by atomic mass is 9.93. The van der Waals surface area contributed by atoms with Gasteiger partial charge in [-0.3, -0.25) is 0 Å². The second-order valence-electron chi connectivity index (χ2n) is 3.64. The minimum Gasteiger partial charge on any atom is -0.506 e. The van der Waals surface area contributed by atoms with Gasteiger partial charge in [0.2, 0.25) is 0 Å². The van der Waals surface area contributed by atoms with E-state index in [1.807, 2.05) is 13.8 Å². The van der Waals surface area contributed by atoms with Gasteiger partial charge in [-0.25, -0.2) is 4.39 Å². The quantitative estimate of drug-likeness (QED) is 0.758. The van der Waals surface area contributed by atoms with Crippen molar-refractivity contribution < 1.29 is 9.50 Å². The number of phenols is 1.